The third kappa shape index (κ3) is 5.08. The quantitative estimate of drug-likeness (QED) is 0.490. The molecule has 0 spiro atoms. The van der Waals surface area contributed by atoms with Crippen LogP contribution in [0.4, 0.5) is 4.79 Å². The van der Waals surface area contributed by atoms with Gasteiger partial charge in [0.1, 0.15) is 0 Å². The number of piperidine rings is 1. The summed E-state index contributed by atoms with van der Waals surface area (Å²) in [6.45, 7) is 12.6. The highest BCUT2D eigenvalue weighted by molar-refractivity contribution is 9.10. The fourth-order valence-electron chi connectivity index (χ4n) is 3.98. The van der Waals surface area contributed by atoms with Crippen LogP contribution in [0, 0.1) is 0 Å². The van der Waals surface area contributed by atoms with Gasteiger partial charge in [-0.2, -0.15) is 0 Å². The summed E-state index contributed by atoms with van der Waals surface area (Å²) < 4.78 is 9.89. The topological polar surface area (TPSA) is 67.6 Å². The lowest BCUT2D eigenvalue weighted by atomic mass is 9.95. The normalized spacial score (nSPS) is 20.7. The van der Waals surface area contributed by atoms with E-state index in [0.29, 0.717) is 6.54 Å². The van der Waals surface area contributed by atoms with Crippen molar-refractivity contribution >= 4 is 41.4 Å². The van der Waals surface area contributed by atoms with Gasteiger partial charge in [0.15, 0.2) is 8.32 Å². The van der Waals surface area contributed by atoms with Gasteiger partial charge in [-0.3, -0.25) is 0 Å². The average molecular weight is 497 g/mol. The fourth-order valence-corrected chi connectivity index (χ4v) is 5.71. The van der Waals surface area contributed by atoms with E-state index in [0.717, 1.165) is 47.7 Å². The first kappa shape index (κ1) is 23.3. The van der Waals surface area contributed by atoms with E-state index < -0.39 is 14.4 Å². The van der Waals surface area contributed by atoms with Gasteiger partial charge in [0.2, 0.25) is 0 Å². The largest absolute Gasteiger partial charge is 0.465 e. The summed E-state index contributed by atoms with van der Waals surface area (Å²) in [5.41, 5.74) is 2.07. The molecule has 0 saturated carbocycles. The first-order valence-corrected chi connectivity index (χ1v) is 14.5. The predicted molar refractivity (Wildman–Crippen MR) is 126 cm³/mol. The number of aromatic nitrogens is 2. The number of hydrogen-bond acceptors (Lipinski definition) is 3. The van der Waals surface area contributed by atoms with Crippen LogP contribution in [0.15, 0.2) is 29.0 Å². The lowest BCUT2D eigenvalue weighted by Gasteiger charge is -2.46. The van der Waals surface area contributed by atoms with Crippen molar-refractivity contribution in [1.82, 2.24) is 14.5 Å². The molecule has 2 aromatic rings. The minimum Gasteiger partial charge on any atom is -0.465 e. The maximum absolute atomic E-state index is 11.9. The summed E-state index contributed by atoms with van der Waals surface area (Å²) >= 11 is 3.49. The molecule has 1 saturated heterocycles. The van der Waals surface area contributed by atoms with Crippen LogP contribution in [-0.2, 0) is 11.0 Å². The zero-order chi connectivity index (χ0) is 22.1. The second kappa shape index (κ2) is 9.00. The van der Waals surface area contributed by atoms with E-state index >= 15 is 0 Å². The van der Waals surface area contributed by atoms with Gasteiger partial charge in [0.05, 0.1) is 29.5 Å². The number of carbonyl (C=O) groups is 1. The number of imidazole rings is 1. The third-order valence-corrected chi connectivity index (χ3v) is 11.7. The second-order valence-corrected chi connectivity index (χ2v) is 15.5. The summed E-state index contributed by atoms with van der Waals surface area (Å²) in [6.07, 6.45) is 4.49. The maximum atomic E-state index is 11.9. The van der Waals surface area contributed by atoms with Crippen LogP contribution < -0.4 is 0 Å². The van der Waals surface area contributed by atoms with Gasteiger partial charge in [0.25, 0.3) is 0 Å². The molecular weight excluding hydrogens is 462 g/mol. The number of rotatable bonds is 6. The molecule has 1 aromatic heterocycles. The Morgan fingerprint density at radius 1 is 1.37 bits per heavy atom. The fraction of sp³-hybridized carbons (Fsp3) is 0.636. The number of nitrogens with zero attached hydrogens (tertiary/aromatic N) is 3. The predicted octanol–water partition coefficient (Wildman–Crippen LogP) is 6.11. The van der Waals surface area contributed by atoms with E-state index in [1.165, 1.54) is 0 Å². The van der Waals surface area contributed by atoms with E-state index in [1.54, 1.807) is 4.90 Å². The minimum atomic E-state index is -1.97. The Labute approximate surface area is 188 Å². The number of hydrogen-bond donors (Lipinski definition) is 1. The SMILES string of the molecule is CC(C)(C)[Si](C)(C)O[C@H]1CCCN(C(=O)O)[C@@H]1CCCn1cnc2cc(Br)ccc21. The van der Waals surface area contributed by atoms with Crippen LogP contribution in [0.5, 0.6) is 0 Å². The van der Waals surface area contributed by atoms with Crippen molar-refractivity contribution in [3.05, 3.63) is 29.0 Å². The Hall–Kier alpha value is -1.38. The Kier molecular flexibility index (Phi) is 6.99. The number of halogens is 1. The smallest absolute Gasteiger partial charge is 0.407 e. The minimum absolute atomic E-state index is 0.0220. The number of amides is 1. The molecule has 1 fully saturated rings. The molecule has 1 aromatic carbocycles. The van der Waals surface area contributed by atoms with Gasteiger partial charge >= 0.3 is 6.09 Å². The summed E-state index contributed by atoms with van der Waals surface area (Å²) in [6, 6.07) is 6.02. The summed E-state index contributed by atoms with van der Waals surface area (Å²) in [4.78, 5) is 18.0. The van der Waals surface area contributed by atoms with E-state index in [-0.39, 0.29) is 17.2 Å². The molecule has 0 radical (unpaired) electrons. The Morgan fingerprint density at radius 3 is 2.77 bits per heavy atom. The number of aryl methyl sites for hydroxylation is 1. The second-order valence-electron chi connectivity index (χ2n) is 9.82. The molecule has 1 N–H and O–H groups in total. The maximum Gasteiger partial charge on any atom is 0.407 e. The van der Waals surface area contributed by atoms with Gasteiger partial charge in [0, 0.05) is 17.6 Å². The highest BCUT2D eigenvalue weighted by Gasteiger charge is 2.43. The number of carboxylic acid groups (broad SMARTS) is 1. The molecule has 2 atom stereocenters. The molecule has 1 aliphatic heterocycles. The Balaban J connectivity index is 1.72. The van der Waals surface area contributed by atoms with E-state index in [2.05, 4.69) is 65.4 Å². The molecule has 6 nitrogen and oxygen atoms in total. The zero-order valence-electron chi connectivity index (χ0n) is 18.7. The van der Waals surface area contributed by atoms with Gasteiger partial charge in [-0.25, -0.2) is 9.78 Å². The monoisotopic (exact) mass is 495 g/mol. The number of benzene rings is 1. The van der Waals surface area contributed by atoms with Crippen LogP contribution in [0.3, 0.4) is 0 Å². The van der Waals surface area contributed by atoms with Crippen LogP contribution in [-0.4, -0.2) is 52.7 Å². The van der Waals surface area contributed by atoms with Crippen molar-refractivity contribution in [2.45, 2.75) is 83.3 Å². The molecular formula is C22H34BrN3O3Si. The van der Waals surface area contributed by atoms with Crippen LogP contribution in [0.2, 0.25) is 18.1 Å². The number of fused-ring (bicyclic) bond motifs is 1. The van der Waals surface area contributed by atoms with Gasteiger partial charge < -0.3 is 19.0 Å². The van der Waals surface area contributed by atoms with Crippen molar-refractivity contribution in [3.8, 4) is 0 Å². The van der Waals surface area contributed by atoms with Crippen molar-refractivity contribution in [2.24, 2.45) is 0 Å². The van der Waals surface area contributed by atoms with Crippen LogP contribution in [0.1, 0.15) is 46.5 Å². The highest BCUT2D eigenvalue weighted by Crippen LogP contribution is 2.39. The average Bonchev–Trinajstić information content (AvgIpc) is 3.03. The van der Waals surface area contributed by atoms with Gasteiger partial charge in [-0.05, 0) is 62.0 Å². The molecule has 2 heterocycles. The zero-order valence-corrected chi connectivity index (χ0v) is 21.3. The molecule has 1 aliphatic rings. The van der Waals surface area contributed by atoms with Crippen LogP contribution in [0.25, 0.3) is 11.0 Å². The molecule has 1 amide bonds. The van der Waals surface area contributed by atoms with Crippen molar-refractivity contribution in [2.75, 3.05) is 6.54 Å². The standard InChI is InChI=1S/C22H34BrN3O3Si/c1-22(2,3)30(4,5)29-20-9-7-13-26(21(27)28)19(20)8-6-12-25-15-24-17-14-16(23)10-11-18(17)25/h10-11,14-15,19-20H,6-9,12-13H2,1-5H3,(H,27,28)/t19-,20+/m1/s1. The molecule has 8 heteroatoms. The van der Waals surface area contributed by atoms with E-state index in [4.69, 9.17) is 4.43 Å². The highest BCUT2D eigenvalue weighted by atomic mass is 79.9. The molecule has 3 rings (SSSR count). The summed E-state index contributed by atoms with van der Waals surface area (Å²) in [5, 5.41) is 9.90. The molecule has 30 heavy (non-hydrogen) atoms. The summed E-state index contributed by atoms with van der Waals surface area (Å²) in [7, 11) is -1.97. The molecule has 0 unspecified atom stereocenters. The third-order valence-electron chi connectivity index (χ3n) is 6.70. The summed E-state index contributed by atoms with van der Waals surface area (Å²) in [5.74, 6) is 0. The first-order valence-electron chi connectivity index (χ1n) is 10.8. The first-order chi connectivity index (χ1) is 14.0. The lowest BCUT2D eigenvalue weighted by Crippen LogP contribution is -2.55. The van der Waals surface area contributed by atoms with Crippen molar-refractivity contribution < 1.29 is 14.3 Å². The van der Waals surface area contributed by atoms with E-state index in [9.17, 15) is 9.90 Å². The van der Waals surface area contributed by atoms with Crippen molar-refractivity contribution in [1.29, 1.82) is 0 Å². The van der Waals surface area contributed by atoms with Crippen molar-refractivity contribution in [3.63, 3.8) is 0 Å². The Bertz CT molecular complexity index is 893. The lowest BCUT2D eigenvalue weighted by molar-refractivity contribution is 0.0181. The molecule has 166 valence electrons. The van der Waals surface area contributed by atoms with E-state index in [1.807, 2.05) is 18.5 Å². The molecule has 0 aliphatic carbocycles. The number of likely N-dealkylation sites (tertiary alicyclic amines) is 1. The van der Waals surface area contributed by atoms with Gasteiger partial charge in [-0.15, -0.1) is 0 Å². The van der Waals surface area contributed by atoms with Gasteiger partial charge in [-0.1, -0.05) is 36.7 Å². The van der Waals surface area contributed by atoms with Crippen LogP contribution >= 0.6 is 15.9 Å². The molecule has 0 bridgehead atoms. The Morgan fingerprint density at radius 2 is 2.10 bits per heavy atom.